The molecule has 3 rings (SSSR count). The van der Waals surface area contributed by atoms with Crippen LogP contribution in [0.1, 0.15) is 28.0 Å². The van der Waals surface area contributed by atoms with Gasteiger partial charge in [0.2, 0.25) is 0 Å². The second kappa shape index (κ2) is 9.38. The van der Waals surface area contributed by atoms with E-state index >= 15 is 0 Å². The third-order valence-electron chi connectivity index (χ3n) is 4.57. The molecule has 0 bridgehead atoms. The third-order valence-corrected chi connectivity index (χ3v) is 5.35. The van der Waals surface area contributed by atoms with E-state index in [-0.39, 0.29) is 11.6 Å². The maximum atomic E-state index is 12.3. The molecule has 0 fully saturated rings. The van der Waals surface area contributed by atoms with E-state index in [0.29, 0.717) is 17.0 Å². The standard InChI is InChI=1S/C21H22N4O3S/c1-15-17(14-24(23-15)18-8-4-3-5-9-18)7-6-12-22-21(26)16-10-11-20(29-2)19(13-16)25(27)28/h3-5,8-11,13-14H,6-7,12H2,1-2H3,(H,22,26). The van der Waals surface area contributed by atoms with Crippen LogP contribution >= 0.6 is 11.8 Å². The number of amides is 1. The zero-order chi connectivity index (χ0) is 20.8. The molecule has 1 aromatic heterocycles. The van der Waals surface area contributed by atoms with Crippen LogP contribution in [0.25, 0.3) is 5.69 Å². The Morgan fingerprint density at radius 3 is 2.69 bits per heavy atom. The van der Waals surface area contributed by atoms with Crippen molar-refractivity contribution in [2.24, 2.45) is 0 Å². The zero-order valence-electron chi connectivity index (χ0n) is 16.3. The van der Waals surface area contributed by atoms with Crippen molar-refractivity contribution in [3.63, 3.8) is 0 Å². The van der Waals surface area contributed by atoms with Crippen LogP contribution in [0.15, 0.2) is 59.6 Å². The molecule has 0 saturated heterocycles. The van der Waals surface area contributed by atoms with Crippen molar-refractivity contribution >= 4 is 23.4 Å². The second-order valence-electron chi connectivity index (χ2n) is 6.52. The maximum absolute atomic E-state index is 12.3. The Bertz CT molecular complexity index is 1020. The van der Waals surface area contributed by atoms with Crippen molar-refractivity contribution in [1.29, 1.82) is 0 Å². The Labute approximate surface area is 173 Å². The first kappa shape index (κ1) is 20.6. The van der Waals surface area contributed by atoms with E-state index in [2.05, 4.69) is 10.4 Å². The molecule has 0 spiro atoms. The Hall–Kier alpha value is -3.13. The number of aryl methyl sites for hydroxylation is 2. The molecule has 0 unspecified atom stereocenters. The molecule has 1 amide bonds. The van der Waals surface area contributed by atoms with Gasteiger partial charge in [-0.05, 0) is 55.9 Å². The third kappa shape index (κ3) is 5.03. The van der Waals surface area contributed by atoms with E-state index in [0.717, 1.165) is 29.8 Å². The monoisotopic (exact) mass is 410 g/mol. The minimum Gasteiger partial charge on any atom is -0.352 e. The molecule has 0 aliphatic heterocycles. The summed E-state index contributed by atoms with van der Waals surface area (Å²) in [7, 11) is 0. The van der Waals surface area contributed by atoms with Crippen molar-refractivity contribution in [2.45, 2.75) is 24.7 Å². The summed E-state index contributed by atoms with van der Waals surface area (Å²) < 4.78 is 1.86. The smallest absolute Gasteiger partial charge is 0.283 e. The summed E-state index contributed by atoms with van der Waals surface area (Å²) in [6.45, 7) is 2.45. The molecule has 2 aromatic carbocycles. The van der Waals surface area contributed by atoms with E-state index in [1.54, 1.807) is 18.4 Å². The fraction of sp³-hybridized carbons (Fsp3) is 0.238. The van der Waals surface area contributed by atoms with Gasteiger partial charge in [-0.2, -0.15) is 5.10 Å². The summed E-state index contributed by atoms with van der Waals surface area (Å²) in [5.74, 6) is -0.308. The summed E-state index contributed by atoms with van der Waals surface area (Å²) in [4.78, 5) is 23.6. The lowest BCUT2D eigenvalue weighted by Crippen LogP contribution is -2.24. The molecule has 0 aliphatic carbocycles. The fourth-order valence-corrected chi connectivity index (χ4v) is 3.56. The van der Waals surface area contributed by atoms with Crippen LogP contribution in [-0.4, -0.2) is 33.4 Å². The quantitative estimate of drug-likeness (QED) is 0.260. The summed E-state index contributed by atoms with van der Waals surface area (Å²) in [5.41, 5.74) is 3.34. The number of hydrogen-bond acceptors (Lipinski definition) is 5. The molecule has 0 aliphatic rings. The van der Waals surface area contributed by atoms with Gasteiger partial charge in [0.05, 0.1) is 21.2 Å². The summed E-state index contributed by atoms with van der Waals surface area (Å²) in [6, 6.07) is 14.5. The molecular weight excluding hydrogens is 388 g/mol. The topological polar surface area (TPSA) is 90.1 Å². The van der Waals surface area contributed by atoms with Crippen molar-refractivity contribution in [3.8, 4) is 5.69 Å². The largest absolute Gasteiger partial charge is 0.352 e. The predicted octanol–water partition coefficient (Wildman–Crippen LogP) is 4.17. The lowest BCUT2D eigenvalue weighted by atomic mass is 10.1. The van der Waals surface area contributed by atoms with Gasteiger partial charge in [0.15, 0.2) is 0 Å². The number of para-hydroxylation sites is 1. The highest BCUT2D eigenvalue weighted by atomic mass is 32.2. The van der Waals surface area contributed by atoms with E-state index in [4.69, 9.17) is 0 Å². The molecule has 7 nitrogen and oxygen atoms in total. The molecule has 29 heavy (non-hydrogen) atoms. The van der Waals surface area contributed by atoms with Gasteiger partial charge in [0, 0.05) is 24.4 Å². The highest BCUT2D eigenvalue weighted by molar-refractivity contribution is 7.98. The predicted molar refractivity (Wildman–Crippen MR) is 114 cm³/mol. The molecule has 8 heteroatoms. The number of nitrogens with zero attached hydrogens (tertiary/aromatic N) is 3. The van der Waals surface area contributed by atoms with E-state index in [1.807, 2.05) is 48.1 Å². The number of benzene rings is 2. The molecular formula is C21H22N4O3S. The number of nitro benzene ring substituents is 1. The summed E-state index contributed by atoms with van der Waals surface area (Å²) >= 11 is 1.28. The van der Waals surface area contributed by atoms with E-state index in [1.165, 1.54) is 17.8 Å². The van der Waals surface area contributed by atoms with Crippen LogP contribution in [0, 0.1) is 17.0 Å². The van der Waals surface area contributed by atoms with Gasteiger partial charge in [-0.15, -0.1) is 11.8 Å². The van der Waals surface area contributed by atoms with E-state index in [9.17, 15) is 14.9 Å². The Kier molecular flexibility index (Phi) is 6.66. The van der Waals surface area contributed by atoms with Gasteiger partial charge in [-0.25, -0.2) is 4.68 Å². The van der Waals surface area contributed by atoms with Crippen LogP contribution in [0.3, 0.4) is 0 Å². The number of carbonyl (C=O) groups is 1. The highest BCUT2D eigenvalue weighted by Gasteiger charge is 2.17. The van der Waals surface area contributed by atoms with Gasteiger partial charge in [0.25, 0.3) is 11.6 Å². The van der Waals surface area contributed by atoms with Crippen LogP contribution in [0.5, 0.6) is 0 Å². The lowest BCUT2D eigenvalue weighted by Gasteiger charge is -2.06. The maximum Gasteiger partial charge on any atom is 0.283 e. The lowest BCUT2D eigenvalue weighted by molar-refractivity contribution is -0.387. The molecule has 0 saturated carbocycles. The Balaban J connectivity index is 1.56. The number of aromatic nitrogens is 2. The van der Waals surface area contributed by atoms with Gasteiger partial charge < -0.3 is 5.32 Å². The molecule has 1 N–H and O–H groups in total. The molecule has 1 heterocycles. The normalized spacial score (nSPS) is 10.7. The number of carbonyl (C=O) groups excluding carboxylic acids is 1. The average molecular weight is 410 g/mol. The minimum absolute atomic E-state index is 0.0471. The first-order valence-electron chi connectivity index (χ1n) is 9.21. The SMILES string of the molecule is CSc1ccc(C(=O)NCCCc2cn(-c3ccccc3)nc2C)cc1[N+](=O)[O-]. The van der Waals surface area contributed by atoms with Crippen LogP contribution in [0.4, 0.5) is 5.69 Å². The number of rotatable bonds is 8. The summed E-state index contributed by atoms with van der Waals surface area (Å²) in [5, 5.41) is 18.5. The number of hydrogen-bond donors (Lipinski definition) is 1. The Morgan fingerprint density at radius 2 is 2.00 bits per heavy atom. The van der Waals surface area contributed by atoms with E-state index < -0.39 is 4.92 Å². The van der Waals surface area contributed by atoms with Gasteiger partial charge in [-0.1, -0.05) is 18.2 Å². The van der Waals surface area contributed by atoms with Crippen molar-refractivity contribution in [3.05, 3.63) is 81.7 Å². The van der Waals surface area contributed by atoms with Crippen LogP contribution in [0.2, 0.25) is 0 Å². The molecule has 150 valence electrons. The van der Waals surface area contributed by atoms with Crippen molar-refractivity contribution < 1.29 is 9.72 Å². The van der Waals surface area contributed by atoms with Crippen molar-refractivity contribution in [2.75, 3.05) is 12.8 Å². The highest BCUT2D eigenvalue weighted by Crippen LogP contribution is 2.28. The molecule has 3 aromatic rings. The van der Waals surface area contributed by atoms with Crippen LogP contribution < -0.4 is 5.32 Å². The van der Waals surface area contributed by atoms with Crippen LogP contribution in [-0.2, 0) is 6.42 Å². The number of nitrogens with one attached hydrogen (secondary N) is 1. The second-order valence-corrected chi connectivity index (χ2v) is 7.37. The zero-order valence-corrected chi connectivity index (χ0v) is 17.1. The van der Waals surface area contributed by atoms with Crippen molar-refractivity contribution in [1.82, 2.24) is 15.1 Å². The van der Waals surface area contributed by atoms with Gasteiger partial charge in [-0.3, -0.25) is 14.9 Å². The first-order valence-corrected chi connectivity index (χ1v) is 10.4. The van der Waals surface area contributed by atoms with Gasteiger partial charge in [0.1, 0.15) is 0 Å². The molecule has 0 atom stereocenters. The molecule has 0 radical (unpaired) electrons. The number of nitro groups is 1. The summed E-state index contributed by atoms with van der Waals surface area (Å²) in [6.07, 6.45) is 5.31. The minimum atomic E-state index is -0.463. The first-order chi connectivity index (χ1) is 14.0. The Morgan fingerprint density at radius 1 is 1.24 bits per heavy atom. The number of thioether (sulfide) groups is 1. The van der Waals surface area contributed by atoms with Gasteiger partial charge >= 0.3 is 0 Å². The average Bonchev–Trinajstić information content (AvgIpc) is 3.11. The fourth-order valence-electron chi connectivity index (χ4n) is 3.01.